The zero-order valence-electron chi connectivity index (χ0n) is 15.1. The van der Waals surface area contributed by atoms with Gasteiger partial charge in [0.15, 0.2) is 0 Å². The number of amides is 2. The number of likely N-dealkylation sites (tertiary alicyclic amines) is 1. The van der Waals surface area contributed by atoms with Gasteiger partial charge in [0.1, 0.15) is 5.82 Å². The molecule has 1 heterocycles. The highest BCUT2D eigenvalue weighted by atomic mass is 19.1. The third kappa shape index (κ3) is 4.10. The van der Waals surface area contributed by atoms with Gasteiger partial charge in [0.05, 0.1) is 11.6 Å². The monoisotopic (exact) mass is 354 g/mol. The zero-order valence-corrected chi connectivity index (χ0v) is 15.1. The van der Waals surface area contributed by atoms with Gasteiger partial charge in [-0.1, -0.05) is 29.3 Å². The number of carbonyl (C=O) groups is 2. The number of carbonyl (C=O) groups excluding carboxylic acids is 2. The van der Waals surface area contributed by atoms with Crippen LogP contribution in [-0.4, -0.2) is 29.8 Å². The van der Waals surface area contributed by atoms with E-state index in [-0.39, 0.29) is 23.4 Å². The molecule has 2 aromatic carbocycles. The molecule has 0 aliphatic carbocycles. The summed E-state index contributed by atoms with van der Waals surface area (Å²) in [7, 11) is 0. The summed E-state index contributed by atoms with van der Waals surface area (Å²) in [6.45, 7) is 4.91. The minimum atomic E-state index is -0.458. The van der Waals surface area contributed by atoms with Gasteiger partial charge in [-0.15, -0.1) is 0 Å². The lowest BCUT2D eigenvalue weighted by molar-refractivity contribution is -0.121. The molecule has 2 aromatic rings. The fraction of sp³-hybridized carbons (Fsp3) is 0.333. The topological polar surface area (TPSA) is 49.4 Å². The van der Waals surface area contributed by atoms with E-state index in [2.05, 4.69) is 5.32 Å². The molecule has 5 heteroatoms. The molecule has 0 saturated carbocycles. The van der Waals surface area contributed by atoms with Crippen molar-refractivity contribution in [1.82, 2.24) is 4.90 Å². The molecule has 1 atom stereocenters. The van der Waals surface area contributed by atoms with Crippen LogP contribution in [0.25, 0.3) is 0 Å². The van der Waals surface area contributed by atoms with Crippen molar-refractivity contribution in [2.45, 2.75) is 26.7 Å². The van der Waals surface area contributed by atoms with E-state index in [1.165, 1.54) is 12.1 Å². The van der Waals surface area contributed by atoms with Crippen LogP contribution in [0.15, 0.2) is 42.5 Å². The lowest BCUT2D eigenvalue weighted by Crippen LogP contribution is -2.43. The summed E-state index contributed by atoms with van der Waals surface area (Å²) in [5, 5.41) is 2.65. The zero-order chi connectivity index (χ0) is 18.7. The molecule has 136 valence electrons. The van der Waals surface area contributed by atoms with Gasteiger partial charge >= 0.3 is 0 Å². The highest BCUT2D eigenvalue weighted by Crippen LogP contribution is 2.22. The van der Waals surface area contributed by atoms with Crippen molar-refractivity contribution < 1.29 is 14.0 Å². The van der Waals surface area contributed by atoms with Crippen molar-refractivity contribution in [1.29, 1.82) is 0 Å². The van der Waals surface area contributed by atoms with E-state index in [4.69, 9.17) is 0 Å². The summed E-state index contributed by atoms with van der Waals surface area (Å²) in [6, 6.07) is 11.9. The number of hydrogen-bond donors (Lipinski definition) is 1. The molecule has 4 nitrogen and oxygen atoms in total. The molecular formula is C21H23FN2O2. The Morgan fingerprint density at radius 1 is 1.12 bits per heavy atom. The molecule has 1 aliphatic rings. The predicted octanol–water partition coefficient (Wildman–Crippen LogP) is 3.93. The van der Waals surface area contributed by atoms with Crippen molar-refractivity contribution in [3.05, 3.63) is 65.0 Å². The fourth-order valence-electron chi connectivity index (χ4n) is 3.45. The number of benzene rings is 2. The molecule has 26 heavy (non-hydrogen) atoms. The molecule has 0 radical (unpaired) electrons. The third-order valence-corrected chi connectivity index (χ3v) is 4.68. The van der Waals surface area contributed by atoms with Crippen LogP contribution in [-0.2, 0) is 4.79 Å². The van der Waals surface area contributed by atoms with Gasteiger partial charge in [-0.3, -0.25) is 9.59 Å². The van der Waals surface area contributed by atoms with Crippen LogP contribution in [0.2, 0.25) is 0 Å². The van der Waals surface area contributed by atoms with Crippen molar-refractivity contribution >= 4 is 17.5 Å². The van der Waals surface area contributed by atoms with Crippen LogP contribution >= 0.6 is 0 Å². The number of anilines is 1. The molecule has 0 aromatic heterocycles. The molecule has 0 bridgehead atoms. The largest absolute Gasteiger partial charge is 0.338 e. The molecule has 1 fully saturated rings. The first-order chi connectivity index (χ1) is 12.4. The molecule has 1 aliphatic heterocycles. The Hall–Kier alpha value is -2.69. The van der Waals surface area contributed by atoms with Crippen molar-refractivity contribution in [2.24, 2.45) is 5.92 Å². The molecule has 1 N–H and O–H groups in total. The van der Waals surface area contributed by atoms with Crippen molar-refractivity contribution in [3.63, 3.8) is 0 Å². The summed E-state index contributed by atoms with van der Waals surface area (Å²) in [5.74, 6) is -1.09. The molecule has 3 rings (SSSR count). The molecular weight excluding hydrogens is 331 g/mol. The Morgan fingerprint density at radius 2 is 1.81 bits per heavy atom. The maximum atomic E-state index is 13.7. The van der Waals surface area contributed by atoms with Gasteiger partial charge in [0.25, 0.3) is 5.91 Å². The average molecular weight is 354 g/mol. The van der Waals surface area contributed by atoms with E-state index < -0.39 is 5.82 Å². The number of piperidine rings is 1. The number of aryl methyl sites for hydroxylation is 2. The minimum Gasteiger partial charge on any atom is -0.338 e. The minimum absolute atomic E-state index is 0.0554. The first-order valence-corrected chi connectivity index (χ1v) is 8.87. The summed E-state index contributed by atoms with van der Waals surface area (Å²) in [4.78, 5) is 27.1. The van der Waals surface area contributed by atoms with E-state index in [0.717, 1.165) is 17.5 Å². The van der Waals surface area contributed by atoms with Gasteiger partial charge in [-0.2, -0.15) is 0 Å². The highest BCUT2D eigenvalue weighted by Gasteiger charge is 2.29. The van der Waals surface area contributed by atoms with Crippen LogP contribution in [0.5, 0.6) is 0 Å². The number of para-hydroxylation sites is 1. The molecule has 0 spiro atoms. The highest BCUT2D eigenvalue weighted by molar-refractivity contribution is 5.96. The van der Waals surface area contributed by atoms with Crippen LogP contribution in [0, 0.1) is 25.6 Å². The Labute approximate surface area is 153 Å². The maximum absolute atomic E-state index is 13.7. The quantitative estimate of drug-likeness (QED) is 0.908. The number of nitrogens with zero attached hydrogens (tertiary/aromatic N) is 1. The van der Waals surface area contributed by atoms with Crippen LogP contribution in [0.3, 0.4) is 0 Å². The van der Waals surface area contributed by atoms with E-state index in [1.807, 2.05) is 32.0 Å². The Balaban J connectivity index is 1.69. The first-order valence-electron chi connectivity index (χ1n) is 8.87. The summed E-state index contributed by atoms with van der Waals surface area (Å²) in [5.41, 5.74) is 2.91. The van der Waals surface area contributed by atoms with Crippen molar-refractivity contribution in [2.75, 3.05) is 18.4 Å². The standard InChI is InChI=1S/C21H23FN2O2/c1-14-10-15(2)12-17(11-14)21(26)24-9-5-6-16(13-24)20(25)23-19-8-4-3-7-18(19)22/h3-4,7-8,10-12,16H,5-6,9,13H2,1-2H3,(H,23,25)/t16-/m0/s1. The average Bonchev–Trinajstić information content (AvgIpc) is 2.62. The smallest absolute Gasteiger partial charge is 0.253 e. The van der Waals surface area contributed by atoms with Crippen LogP contribution < -0.4 is 5.32 Å². The van der Waals surface area contributed by atoms with Crippen LogP contribution in [0.1, 0.15) is 34.3 Å². The number of hydrogen-bond acceptors (Lipinski definition) is 2. The SMILES string of the molecule is Cc1cc(C)cc(C(=O)N2CCC[C@H](C(=O)Nc3ccccc3F)C2)c1. The Morgan fingerprint density at radius 3 is 2.50 bits per heavy atom. The van der Waals surface area contributed by atoms with Gasteiger partial charge in [0, 0.05) is 18.7 Å². The Kier molecular flexibility index (Phi) is 5.35. The van der Waals surface area contributed by atoms with Gasteiger partial charge in [0.2, 0.25) is 5.91 Å². The summed E-state index contributed by atoms with van der Waals surface area (Å²) >= 11 is 0. The number of halogens is 1. The normalized spacial score (nSPS) is 17.0. The summed E-state index contributed by atoms with van der Waals surface area (Å²) < 4.78 is 13.7. The van der Waals surface area contributed by atoms with E-state index >= 15 is 0 Å². The predicted molar refractivity (Wildman–Crippen MR) is 99.6 cm³/mol. The van der Waals surface area contributed by atoms with E-state index in [1.54, 1.807) is 17.0 Å². The maximum Gasteiger partial charge on any atom is 0.253 e. The van der Waals surface area contributed by atoms with Crippen LogP contribution in [0.4, 0.5) is 10.1 Å². The number of nitrogens with one attached hydrogen (secondary N) is 1. The second kappa shape index (κ2) is 7.68. The van der Waals surface area contributed by atoms with Crippen molar-refractivity contribution in [3.8, 4) is 0 Å². The second-order valence-corrected chi connectivity index (χ2v) is 6.94. The lowest BCUT2D eigenvalue weighted by atomic mass is 9.96. The summed E-state index contributed by atoms with van der Waals surface area (Å²) in [6.07, 6.45) is 1.45. The third-order valence-electron chi connectivity index (χ3n) is 4.68. The second-order valence-electron chi connectivity index (χ2n) is 6.94. The van der Waals surface area contributed by atoms with E-state index in [0.29, 0.717) is 25.1 Å². The molecule has 0 unspecified atom stereocenters. The molecule has 1 saturated heterocycles. The number of rotatable bonds is 3. The Bertz CT molecular complexity index is 814. The van der Waals surface area contributed by atoms with E-state index in [9.17, 15) is 14.0 Å². The van der Waals surface area contributed by atoms with Gasteiger partial charge in [-0.25, -0.2) is 4.39 Å². The van der Waals surface area contributed by atoms with Gasteiger partial charge < -0.3 is 10.2 Å². The van der Waals surface area contributed by atoms with Gasteiger partial charge in [-0.05, 0) is 51.0 Å². The first kappa shape index (κ1) is 18.1. The molecule has 2 amide bonds. The fourth-order valence-corrected chi connectivity index (χ4v) is 3.45. The lowest BCUT2D eigenvalue weighted by Gasteiger charge is -2.32.